The van der Waals surface area contributed by atoms with Crippen LogP contribution in [0.25, 0.3) is 10.6 Å². The SMILES string of the molecule is CC(=O)c1cccs1.F.NC(N)=S.Nc1[nH+]c(-c2cccs2)cs1.O=C(CBr)c1cccs1.[Br-]. The number of nitrogen functional groups attached to an aromatic ring is 1. The number of thiazole rings is 1. The third-order valence-corrected chi connectivity index (χ3v) is 7.14. The number of carbonyl (C=O) groups excluding carboxylic acids is 2. The molecule has 0 radical (unpaired) electrons. The van der Waals surface area contributed by atoms with Gasteiger partial charge in [-0.2, -0.15) is 0 Å². The molecule has 4 heterocycles. The predicted octanol–water partition coefficient (Wildman–Crippen LogP) is 2.49. The lowest BCUT2D eigenvalue weighted by molar-refractivity contribution is -0.340. The lowest BCUT2D eigenvalue weighted by atomic mass is 10.4. The van der Waals surface area contributed by atoms with Crippen LogP contribution >= 0.6 is 73.5 Å². The van der Waals surface area contributed by atoms with Gasteiger partial charge in [-0.15, -0.1) is 34.0 Å². The molecule has 0 amide bonds. The van der Waals surface area contributed by atoms with Gasteiger partial charge in [-0.3, -0.25) is 20.0 Å². The third-order valence-electron chi connectivity index (χ3n) is 3.13. The fourth-order valence-corrected chi connectivity index (χ4v) is 5.00. The van der Waals surface area contributed by atoms with Crippen molar-refractivity contribution in [2.45, 2.75) is 6.92 Å². The van der Waals surface area contributed by atoms with Gasteiger partial charge < -0.3 is 28.4 Å². The number of nitrogens with two attached hydrogens (primary N) is 3. The minimum atomic E-state index is 0. The highest BCUT2D eigenvalue weighted by molar-refractivity contribution is 9.09. The molecule has 0 saturated heterocycles. The Morgan fingerprint density at radius 3 is 1.79 bits per heavy atom. The highest BCUT2D eigenvalue weighted by Gasteiger charge is 2.05. The van der Waals surface area contributed by atoms with Crippen LogP contribution in [0, 0.1) is 0 Å². The minimum Gasteiger partial charge on any atom is -1.00 e. The van der Waals surface area contributed by atoms with Crippen LogP contribution < -0.4 is 39.2 Å². The van der Waals surface area contributed by atoms with Crippen LogP contribution in [-0.4, -0.2) is 22.0 Å². The summed E-state index contributed by atoms with van der Waals surface area (Å²) in [5, 5.41) is 9.06. The Hall–Kier alpha value is -1.55. The summed E-state index contributed by atoms with van der Waals surface area (Å²) in [6.07, 6.45) is 0. The molecular weight excluding hydrogens is 667 g/mol. The Morgan fingerprint density at radius 2 is 1.47 bits per heavy atom. The maximum Gasteiger partial charge on any atom is 0.329 e. The van der Waals surface area contributed by atoms with Crippen LogP contribution in [-0.2, 0) is 0 Å². The minimum absolute atomic E-state index is 0. The van der Waals surface area contributed by atoms with Gasteiger partial charge in [-0.25, -0.2) is 4.98 Å². The van der Waals surface area contributed by atoms with E-state index in [9.17, 15) is 9.59 Å². The molecule has 0 aromatic carbocycles. The summed E-state index contributed by atoms with van der Waals surface area (Å²) in [6.45, 7) is 1.58. The van der Waals surface area contributed by atoms with Gasteiger partial charge in [0, 0.05) is 5.38 Å². The number of rotatable bonds is 4. The normalized spacial score (nSPS) is 8.65. The topological polar surface area (TPSA) is 126 Å². The zero-order valence-electron chi connectivity index (χ0n) is 17.7. The van der Waals surface area contributed by atoms with Crippen molar-refractivity contribution in [3.05, 3.63) is 67.7 Å². The van der Waals surface area contributed by atoms with Crippen molar-refractivity contribution >= 4 is 95.3 Å². The summed E-state index contributed by atoms with van der Waals surface area (Å²) in [6, 6.07) is 11.5. The number of thiocarbonyl (C=S) groups is 1. The first-order valence-electron chi connectivity index (χ1n) is 8.76. The summed E-state index contributed by atoms with van der Waals surface area (Å²) < 4.78 is 0. The first-order chi connectivity index (χ1) is 15.2. The van der Waals surface area contributed by atoms with Crippen LogP contribution in [0.2, 0.25) is 0 Å². The third kappa shape index (κ3) is 14.7. The number of nitrogens with one attached hydrogen (secondary N) is 1. The van der Waals surface area contributed by atoms with Gasteiger partial charge in [0.1, 0.15) is 0 Å². The Balaban J connectivity index is 0. The number of halogens is 3. The highest BCUT2D eigenvalue weighted by Crippen LogP contribution is 2.23. The average molecular weight is 691 g/mol. The van der Waals surface area contributed by atoms with Crippen LogP contribution in [0.15, 0.2) is 57.9 Å². The number of ketones is 2. The first-order valence-corrected chi connectivity index (χ1v) is 13.8. The molecule has 4 aromatic rings. The molecule has 4 aromatic heterocycles. The molecule has 4 rings (SSSR count). The van der Waals surface area contributed by atoms with E-state index in [1.165, 1.54) is 38.9 Å². The van der Waals surface area contributed by atoms with Gasteiger partial charge in [-0.05, 0) is 53.5 Å². The van der Waals surface area contributed by atoms with E-state index in [2.05, 4.69) is 56.0 Å². The Kier molecular flexibility index (Phi) is 20.1. The van der Waals surface area contributed by atoms with E-state index in [0.29, 0.717) is 5.33 Å². The number of Topliss-reactive ketones (excluding diaryl/α,β-unsaturated/α-hetero) is 2. The molecule has 34 heavy (non-hydrogen) atoms. The second kappa shape index (κ2) is 19.7. The van der Waals surface area contributed by atoms with Gasteiger partial charge in [0.15, 0.2) is 22.4 Å². The molecule has 14 heteroatoms. The second-order valence-corrected chi connectivity index (χ2v) is 10.4. The van der Waals surface area contributed by atoms with E-state index in [1.54, 1.807) is 18.3 Å². The number of H-pyrrole nitrogens is 1. The first kappa shape index (κ1) is 34.6. The molecule has 0 fully saturated rings. The Bertz CT molecular complexity index is 1070. The molecule has 6 nitrogen and oxygen atoms in total. The van der Waals surface area contributed by atoms with E-state index in [0.717, 1.165) is 20.6 Å². The fraction of sp³-hybridized carbons (Fsp3) is 0.100. The highest BCUT2D eigenvalue weighted by atomic mass is 79.9. The lowest BCUT2D eigenvalue weighted by Crippen LogP contribution is -3.00. The molecule has 0 aliphatic carbocycles. The molecule has 0 unspecified atom stereocenters. The largest absolute Gasteiger partial charge is 1.00 e. The van der Waals surface area contributed by atoms with Gasteiger partial charge >= 0.3 is 5.13 Å². The van der Waals surface area contributed by atoms with Crippen molar-refractivity contribution in [2.24, 2.45) is 11.5 Å². The molecule has 0 saturated carbocycles. The summed E-state index contributed by atoms with van der Waals surface area (Å²) in [4.78, 5) is 27.3. The molecule has 0 aliphatic heterocycles. The number of aromatic amines is 1. The summed E-state index contributed by atoms with van der Waals surface area (Å²) >= 11 is 13.4. The van der Waals surface area contributed by atoms with Gasteiger partial charge in [-0.1, -0.05) is 45.5 Å². The van der Waals surface area contributed by atoms with E-state index >= 15 is 0 Å². The molecule has 0 aliphatic rings. The lowest BCUT2D eigenvalue weighted by Gasteiger charge is -1.85. The van der Waals surface area contributed by atoms with Crippen LogP contribution in [0.4, 0.5) is 9.84 Å². The molecule has 0 spiro atoms. The van der Waals surface area contributed by atoms with Crippen molar-refractivity contribution < 1.29 is 36.3 Å². The fourth-order valence-electron chi connectivity index (χ4n) is 1.85. The zero-order chi connectivity index (χ0) is 23.9. The molecule has 0 atom stereocenters. The number of alkyl halides is 1. The van der Waals surface area contributed by atoms with Gasteiger partial charge in [0.05, 0.1) is 20.0 Å². The number of hydrogen-bond acceptors (Lipinski definition) is 8. The number of thiophene rings is 3. The Morgan fingerprint density at radius 1 is 0.971 bits per heavy atom. The predicted molar refractivity (Wildman–Crippen MR) is 149 cm³/mol. The smallest absolute Gasteiger partial charge is 0.329 e. The van der Waals surface area contributed by atoms with Crippen LogP contribution in [0.5, 0.6) is 0 Å². The van der Waals surface area contributed by atoms with Crippen molar-refractivity contribution in [1.29, 1.82) is 0 Å². The number of carbonyl (C=O) groups is 2. The van der Waals surface area contributed by atoms with Crippen molar-refractivity contribution in [3.8, 4) is 10.6 Å². The summed E-state index contributed by atoms with van der Waals surface area (Å²) in [5.74, 6) is 0.310. The monoisotopic (exact) mass is 688 g/mol. The molecule has 0 bridgehead atoms. The van der Waals surface area contributed by atoms with E-state index in [1.807, 2.05) is 46.5 Å². The quantitative estimate of drug-likeness (QED) is 0.172. The molecule has 186 valence electrons. The van der Waals surface area contributed by atoms with Crippen molar-refractivity contribution in [2.75, 3.05) is 11.1 Å². The summed E-state index contributed by atoms with van der Waals surface area (Å²) in [7, 11) is 0. The van der Waals surface area contributed by atoms with Crippen LogP contribution in [0.1, 0.15) is 26.3 Å². The molecular formula is C20H23Br2FN4O2S5. The maximum absolute atomic E-state index is 10.8. The summed E-state index contributed by atoms with van der Waals surface area (Å²) in [5.41, 5.74) is 15.9. The zero-order valence-corrected chi connectivity index (χ0v) is 25.0. The van der Waals surface area contributed by atoms with Crippen molar-refractivity contribution in [1.82, 2.24) is 0 Å². The van der Waals surface area contributed by atoms with E-state index in [-0.39, 0.29) is 38.4 Å². The Labute approximate surface area is 237 Å². The van der Waals surface area contributed by atoms with Gasteiger partial charge in [0.25, 0.3) is 0 Å². The van der Waals surface area contributed by atoms with Crippen LogP contribution in [0.3, 0.4) is 0 Å². The number of aromatic nitrogens is 1. The van der Waals surface area contributed by atoms with E-state index in [4.69, 9.17) is 5.73 Å². The van der Waals surface area contributed by atoms with Gasteiger partial charge in [0.2, 0.25) is 0 Å². The second-order valence-electron chi connectivity index (χ2n) is 5.59. The van der Waals surface area contributed by atoms with Crippen molar-refractivity contribution in [3.63, 3.8) is 0 Å². The number of anilines is 1. The average Bonchev–Trinajstić information content (AvgIpc) is 3.56. The molecule has 7 N–H and O–H groups in total. The standard InChI is InChI=1S/C7H6N2S2.C6H5BrOS.C6H6OS.CH4N2S.BrH.FH/c8-7-9-5(4-11-7)6-2-1-3-10-6;7-4-5(8)6-2-1-3-9-6;1-5(7)6-3-2-4-8-6;2-1(3)4;;/h1-4H,(H2,8,9);1-3H,4H2;2-4H,1H3;(H4,2,3,4);2*1H. The maximum atomic E-state index is 10.8. The number of hydrogen-bond donors (Lipinski definition) is 3. The van der Waals surface area contributed by atoms with E-state index < -0.39 is 0 Å².